The van der Waals surface area contributed by atoms with E-state index in [4.69, 9.17) is 10.2 Å². The number of aliphatic hydroxyl groups excluding tert-OH is 1. The van der Waals surface area contributed by atoms with Gasteiger partial charge in [0, 0.05) is 4.75 Å². The molecule has 0 aromatic rings. The molecule has 0 aromatic carbocycles. The predicted octanol–water partition coefficient (Wildman–Crippen LogP) is 1.84. The lowest BCUT2D eigenvalue weighted by Gasteiger charge is -2.03. The third-order valence-electron chi connectivity index (χ3n) is 3.01. The predicted molar refractivity (Wildman–Crippen MR) is 65.7 cm³/mol. The fourth-order valence-corrected chi connectivity index (χ4v) is 2.51. The Balaban J connectivity index is 0.000000151. The van der Waals surface area contributed by atoms with Gasteiger partial charge in [0.1, 0.15) is 4.75 Å². The van der Waals surface area contributed by atoms with Crippen LogP contribution in [0.25, 0.3) is 0 Å². The van der Waals surface area contributed by atoms with Gasteiger partial charge in [0.15, 0.2) is 0 Å². The fraction of sp³-hybridized carbons (Fsp3) is 0.900. The van der Waals surface area contributed by atoms with Crippen molar-refractivity contribution < 1.29 is 15.0 Å². The number of rotatable bonds is 4. The van der Waals surface area contributed by atoms with E-state index in [-0.39, 0.29) is 4.75 Å². The first-order chi connectivity index (χ1) is 7.04. The van der Waals surface area contributed by atoms with Crippen LogP contribution in [0.2, 0.25) is 0 Å². The van der Waals surface area contributed by atoms with Gasteiger partial charge in [0.25, 0.3) is 0 Å². The molecule has 0 radical (unpaired) electrons. The quantitative estimate of drug-likeness (QED) is 0.797. The van der Waals surface area contributed by atoms with Crippen LogP contribution in [-0.4, -0.2) is 44.8 Å². The van der Waals surface area contributed by atoms with Gasteiger partial charge in [-0.25, -0.2) is 0 Å². The second-order valence-electron chi connectivity index (χ2n) is 4.05. The Bertz CT molecular complexity index is 229. The van der Waals surface area contributed by atoms with Crippen molar-refractivity contribution in [3.63, 3.8) is 0 Å². The van der Waals surface area contributed by atoms with Crippen LogP contribution in [0.15, 0.2) is 0 Å². The average molecular weight is 250 g/mol. The van der Waals surface area contributed by atoms with Crippen LogP contribution in [-0.2, 0) is 4.79 Å². The monoisotopic (exact) mass is 250 g/mol. The molecular weight excluding hydrogens is 232 g/mol. The summed E-state index contributed by atoms with van der Waals surface area (Å²) in [5, 5.41) is 17.1. The van der Waals surface area contributed by atoms with Crippen LogP contribution in [0.1, 0.15) is 25.7 Å². The maximum absolute atomic E-state index is 10.3. The largest absolute Gasteiger partial charge is 0.480 e. The highest BCUT2D eigenvalue weighted by molar-refractivity contribution is 8.01. The number of carboxylic acid groups (broad SMARTS) is 1. The zero-order chi connectivity index (χ0) is 11.5. The van der Waals surface area contributed by atoms with Crippen LogP contribution in [0.5, 0.6) is 0 Å². The molecule has 0 atom stereocenters. The van der Waals surface area contributed by atoms with Gasteiger partial charge in [-0.2, -0.15) is 11.8 Å². The maximum atomic E-state index is 10.3. The highest BCUT2D eigenvalue weighted by Crippen LogP contribution is 2.47. The van der Waals surface area contributed by atoms with Gasteiger partial charge in [0.05, 0.1) is 6.61 Å². The van der Waals surface area contributed by atoms with E-state index in [1.165, 1.54) is 24.6 Å². The molecule has 2 aliphatic carbocycles. The third kappa shape index (κ3) is 3.29. The highest BCUT2D eigenvalue weighted by atomic mass is 32.2. The van der Waals surface area contributed by atoms with Crippen molar-refractivity contribution in [2.45, 2.75) is 35.2 Å². The Kier molecular flexibility index (Phi) is 4.38. The molecule has 0 heterocycles. The minimum Gasteiger partial charge on any atom is -0.480 e. The molecule has 15 heavy (non-hydrogen) atoms. The van der Waals surface area contributed by atoms with Crippen LogP contribution in [0.3, 0.4) is 0 Å². The minimum atomic E-state index is -0.648. The summed E-state index contributed by atoms with van der Waals surface area (Å²) in [6.45, 7) is 0.369. The van der Waals surface area contributed by atoms with Gasteiger partial charge in [-0.05, 0) is 38.2 Å². The Hall–Kier alpha value is 0.130. The molecular formula is C10H18O3S2. The lowest BCUT2D eigenvalue weighted by molar-refractivity contribution is -0.137. The van der Waals surface area contributed by atoms with Crippen molar-refractivity contribution in [3.8, 4) is 0 Å². The second-order valence-corrected chi connectivity index (χ2v) is 6.51. The van der Waals surface area contributed by atoms with E-state index in [9.17, 15) is 4.79 Å². The van der Waals surface area contributed by atoms with Crippen LogP contribution in [0.4, 0.5) is 0 Å². The van der Waals surface area contributed by atoms with E-state index < -0.39 is 5.97 Å². The van der Waals surface area contributed by atoms with Gasteiger partial charge < -0.3 is 10.2 Å². The molecule has 2 N–H and O–H groups in total. The van der Waals surface area contributed by atoms with E-state index in [0.717, 1.165) is 12.8 Å². The molecule has 0 unspecified atom stereocenters. The smallest absolute Gasteiger partial charge is 0.319 e. The van der Waals surface area contributed by atoms with E-state index in [1.807, 2.05) is 6.26 Å². The summed E-state index contributed by atoms with van der Waals surface area (Å²) in [5.74, 6) is -0.648. The molecule has 0 amide bonds. The van der Waals surface area contributed by atoms with Crippen molar-refractivity contribution in [2.75, 3.05) is 19.1 Å². The SMILES string of the molecule is CSC1(C(=O)O)CC1.CSC1(CO)CC1. The normalized spacial score (nSPS) is 23.7. The molecule has 3 nitrogen and oxygen atoms in total. The van der Waals surface area contributed by atoms with Crippen LogP contribution in [0, 0.1) is 0 Å². The van der Waals surface area contributed by atoms with E-state index in [0.29, 0.717) is 11.4 Å². The molecule has 0 aliphatic heterocycles. The van der Waals surface area contributed by atoms with Crippen molar-refractivity contribution in [1.29, 1.82) is 0 Å². The number of thioether (sulfide) groups is 2. The minimum absolute atomic E-state index is 0.306. The van der Waals surface area contributed by atoms with Gasteiger partial charge in [-0.1, -0.05) is 0 Å². The van der Waals surface area contributed by atoms with E-state index >= 15 is 0 Å². The molecule has 0 aromatic heterocycles. The number of carbonyl (C=O) groups is 1. The Labute approximate surface area is 99.0 Å². The number of hydrogen-bond donors (Lipinski definition) is 2. The van der Waals surface area contributed by atoms with E-state index in [2.05, 4.69) is 6.26 Å². The number of aliphatic carboxylic acids is 1. The third-order valence-corrected chi connectivity index (χ3v) is 5.78. The molecule has 2 rings (SSSR count). The first-order valence-electron chi connectivity index (χ1n) is 4.99. The fourth-order valence-electron chi connectivity index (χ4n) is 1.19. The summed E-state index contributed by atoms with van der Waals surface area (Å²) in [6.07, 6.45) is 8.03. The topological polar surface area (TPSA) is 57.5 Å². The van der Waals surface area contributed by atoms with Crippen molar-refractivity contribution in [2.24, 2.45) is 0 Å². The van der Waals surface area contributed by atoms with Crippen molar-refractivity contribution in [3.05, 3.63) is 0 Å². The van der Waals surface area contributed by atoms with Gasteiger partial charge in [-0.3, -0.25) is 4.79 Å². The molecule has 2 saturated carbocycles. The molecule has 2 fully saturated rings. The molecule has 0 spiro atoms. The van der Waals surface area contributed by atoms with Gasteiger partial charge in [-0.15, -0.1) is 11.8 Å². The van der Waals surface area contributed by atoms with Crippen LogP contribution < -0.4 is 0 Å². The summed E-state index contributed by atoms with van der Waals surface area (Å²) in [4.78, 5) is 10.3. The standard InChI is InChI=1S/C5H8O2S.C5H10OS/c1-8-5(2-3-5)4(6)7;1-7-5(4-6)2-3-5/h2-3H2,1H3,(H,6,7);6H,2-4H2,1H3. The summed E-state index contributed by atoms with van der Waals surface area (Å²) in [6, 6.07) is 0. The molecule has 5 heteroatoms. The van der Waals surface area contributed by atoms with Crippen LogP contribution >= 0.6 is 23.5 Å². The zero-order valence-corrected chi connectivity index (χ0v) is 10.8. The van der Waals surface area contributed by atoms with Gasteiger partial charge >= 0.3 is 5.97 Å². The lowest BCUT2D eigenvalue weighted by Crippen LogP contribution is -2.16. The van der Waals surface area contributed by atoms with Gasteiger partial charge in [0.2, 0.25) is 0 Å². The summed E-state index contributed by atoms with van der Waals surface area (Å²) >= 11 is 3.23. The number of hydrogen-bond acceptors (Lipinski definition) is 4. The lowest BCUT2D eigenvalue weighted by atomic mass is 10.4. The number of aliphatic hydroxyl groups is 1. The summed E-state index contributed by atoms with van der Waals surface area (Å²) in [7, 11) is 0. The van der Waals surface area contributed by atoms with Crippen molar-refractivity contribution >= 4 is 29.5 Å². The Morgan fingerprint density at radius 1 is 1.20 bits per heavy atom. The molecule has 0 bridgehead atoms. The van der Waals surface area contributed by atoms with E-state index in [1.54, 1.807) is 11.8 Å². The summed E-state index contributed by atoms with van der Waals surface area (Å²) < 4.78 is -0.0694. The molecule has 0 saturated heterocycles. The first kappa shape index (κ1) is 13.2. The molecule has 88 valence electrons. The average Bonchev–Trinajstić information content (AvgIpc) is 3.14. The first-order valence-corrected chi connectivity index (χ1v) is 7.44. The molecule has 2 aliphatic rings. The Morgan fingerprint density at radius 3 is 1.73 bits per heavy atom. The summed E-state index contributed by atoms with van der Waals surface area (Å²) in [5.41, 5.74) is 0. The van der Waals surface area contributed by atoms with Crippen molar-refractivity contribution in [1.82, 2.24) is 0 Å². The highest BCUT2D eigenvalue weighted by Gasteiger charge is 2.49. The Morgan fingerprint density at radius 2 is 1.73 bits per heavy atom. The second kappa shape index (κ2) is 4.97. The zero-order valence-electron chi connectivity index (χ0n) is 9.15. The maximum Gasteiger partial charge on any atom is 0.319 e. The number of carboxylic acids is 1.